The molecule has 0 atom stereocenters. The van der Waals surface area contributed by atoms with Crippen molar-refractivity contribution in [2.45, 2.75) is 0 Å². The van der Waals surface area contributed by atoms with Gasteiger partial charge in [0.2, 0.25) is 0 Å². The summed E-state index contributed by atoms with van der Waals surface area (Å²) < 4.78 is 18.4. The molecule has 0 aliphatic heterocycles. The Balaban J connectivity index is 2.28. The lowest BCUT2D eigenvalue weighted by Crippen LogP contribution is -1.90. The van der Waals surface area contributed by atoms with E-state index in [-0.39, 0.29) is 5.75 Å². The standard InChI is InChI=1S/C10H9FN2O/c11-9-2-1-7(12)5-10(9)14-8-3-4-13-6-8/h1-6,13H,12H2. The molecular formula is C10H9FN2O. The van der Waals surface area contributed by atoms with Crippen molar-refractivity contribution in [1.29, 1.82) is 0 Å². The number of nitrogens with one attached hydrogen (secondary N) is 1. The van der Waals surface area contributed by atoms with Crippen LogP contribution in [0.1, 0.15) is 0 Å². The lowest BCUT2D eigenvalue weighted by molar-refractivity contribution is 0.443. The number of H-pyrrole nitrogens is 1. The van der Waals surface area contributed by atoms with Crippen LogP contribution >= 0.6 is 0 Å². The van der Waals surface area contributed by atoms with Gasteiger partial charge >= 0.3 is 0 Å². The van der Waals surface area contributed by atoms with Gasteiger partial charge in [0.05, 0.1) is 0 Å². The fraction of sp³-hybridized carbons (Fsp3) is 0. The van der Waals surface area contributed by atoms with Crippen molar-refractivity contribution in [2.75, 3.05) is 5.73 Å². The number of benzene rings is 1. The molecule has 0 aliphatic carbocycles. The summed E-state index contributed by atoms with van der Waals surface area (Å²) in [6.07, 6.45) is 3.32. The highest BCUT2D eigenvalue weighted by Gasteiger charge is 2.04. The molecule has 0 unspecified atom stereocenters. The average Bonchev–Trinajstić information content (AvgIpc) is 2.64. The third-order valence-electron chi connectivity index (χ3n) is 1.75. The van der Waals surface area contributed by atoms with Crippen molar-refractivity contribution in [3.8, 4) is 11.5 Å². The second-order valence-electron chi connectivity index (χ2n) is 2.84. The third kappa shape index (κ3) is 1.69. The van der Waals surface area contributed by atoms with Gasteiger partial charge in [-0.3, -0.25) is 0 Å². The lowest BCUT2D eigenvalue weighted by Gasteiger charge is -2.04. The van der Waals surface area contributed by atoms with Gasteiger partial charge in [0.15, 0.2) is 11.6 Å². The molecule has 0 bridgehead atoms. The summed E-state index contributed by atoms with van der Waals surface area (Å²) in [7, 11) is 0. The minimum atomic E-state index is -0.430. The van der Waals surface area contributed by atoms with Crippen LogP contribution in [0.5, 0.6) is 11.5 Å². The molecule has 0 saturated carbocycles. The number of nitrogen functional groups attached to an aromatic ring is 1. The van der Waals surface area contributed by atoms with Gasteiger partial charge in [0, 0.05) is 24.1 Å². The fourth-order valence-electron chi connectivity index (χ4n) is 1.10. The minimum absolute atomic E-state index is 0.129. The van der Waals surface area contributed by atoms with Gasteiger partial charge in [-0.2, -0.15) is 0 Å². The second kappa shape index (κ2) is 3.41. The van der Waals surface area contributed by atoms with Crippen LogP contribution in [0.25, 0.3) is 0 Å². The number of nitrogens with two attached hydrogens (primary N) is 1. The monoisotopic (exact) mass is 192 g/mol. The van der Waals surface area contributed by atoms with E-state index in [4.69, 9.17) is 10.5 Å². The quantitative estimate of drug-likeness (QED) is 0.718. The lowest BCUT2D eigenvalue weighted by atomic mass is 10.3. The van der Waals surface area contributed by atoms with E-state index < -0.39 is 5.82 Å². The summed E-state index contributed by atoms with van der Waals surface area (Å²) in [5.41, 5.74) is 5.97. The van der Waals surface area contributed by atoms with Crippen molar-refractivity contribution < 1.29 is 9.13 Å². The van der Waals surface area contributed by atoms with Gasteiger partial charge in [-0.1, -0.05) is 0 Å². The maximum absolute atomic E-state index is 13.2. The Labute approximate surface area is 80.3 Å². The van der Waals surface area contributed by atoms with Crippen molar-refractivity contribution >= 4 is 5.69 Å². The number of hydrogen-bond donors (Lipinski definition) is 2. The molecule has 0 amide bonds. The zero-order valence-electron chi connectivity index (χ0n) is 7.33. The third-order valence-corrected chi connectivity index (χ3v) is 1.75. The molecule has 0 radical (unpaired) electrons. The predicted molar refractivity (Wildman–Crippen MR) is 51.7 cm³/mol. The van der Waals surface area contributed by atoms with Gasteiger partial charge in [-0.15, -0.1) is 0 Å². The molecule has 14 heavy (non-hydrogen) atoms. The largest absolute Gasteiger partial charge is 0.453 e. The molecule has 0 spiro atoms. The number of aromatic nitrogens is 1. The van der Waals surface area contributed by atoms with E-state index in [2.05, 4.69) is 4.98 Å². The second-order valence-corrected chi connectivity index (χ2v) is 2.84. The first-order valence-corrected chi connectivity index (χ1v) is 4.11. The van der Waals surface area contributed by atoms with Crippen LogP contribution in [0.15, 0.2) is 36.7 Å². The van der Waals surface area contributed by atoms with Crippen LogP contribution in [-0.2, 0) is 0 Å². The molecule has 72 valence electrons. The number of hydrogen-bond acceptors (Lipinski definition) is 2. The van der Waals surface area contributed by atoms with Gasteiger partial charge in [0.1, 0.15) is 5.75 Å². The maximum Gasteiger partial charge on any atom is 0.165 e. The van der Waals surface area contributed by atoms with Crippen LogP contribution in [0.3, 0.4) is 0 Å². The molecule has 2 rings (SSSR count). The Kier molecular flexibility index (Phi) is 2.10. The first kappa shape index (κ1) is 8.62. The zero-order chi connectivity index (χ0) is 9.97. The molecule has 1 heterocycles. The van der Waals surface area contributed by atoms with E-state index in [9.17, 15) is 4.39 Å². The summed E-state index contributed by atoms with van der Waals surface area (Å²) in [6.45, 7) is 0. The Bertz CT molecular complexity index is 426. The van der Waals surface area contributed by atoms with Crippen LogP contribution in [0.4, 0.5) is 10.1 Å². The number of ether oxygens (including phenoxy) is 1. The van der Waals surface area contributed by atoms with Crippen molar-refractivity contribution in [3.63, 3.8) is 0 Å². The highest BCUT2D eigenvalue weighted by Crippen LogP contribution is 2.25. The van der Waals surface area contributed by atoms with E-state index >= 15 is 0 Å². The maximum atomic E-state index is 13.2. The molecule has 3 nitrogen and oxygen atoms in total. The Hall–Kier alpha value is -1.97. The Morgan fingerprint density at radius 2 is 2.14 bits per heavy atom. The van der Waals surface area contributed by atoms with E-state index in [0.29, 0.717) is 11.4 Å². The number of anilines is 1. The Morgan fingerprint density at radius 1 is 1.29 bits per heavy atom. The molecular weight excluding hydrogens is 183 g/mol. The minimum Gasteiger partial charge on any atom is -0.453 e. The number of aromatic amines is 1. The van der Waals surface area contributed by atoms with Crippen LogP contribution in [0.2, 0.25) is 0 Å². The van der Waals surface area contributed by atoms with Crippen molar-refractivity contribution in [2.24, 2.45) is 0 Å². The average molecular weight is 192 g/mol. The molecule has 1 aromatic heterocycles. The summed E-state index contributed by atoms with van der Waals surface area (Å²) in [4.78, 5) is 2.81. The highest BCUT2D eigenvalue weighted by molar-refractivity contribution is 5.45. The van der Waals surface area contributed by atoms with E-state index in [1.165, 1.54) is 18.2 Å². The molecule has 0 aliphatic rings. The molecule has 3 N–H and O–H groups in total. The summed E-state index contributed by atoms with van der Waals surface area (Å²) in [5.74, 6) is 0.250. The summed E-state index contributed by atoms with van der Waals surface area (Å²) in [6, 6.07) is 5.90. The summed E-state index contributed by atoms with van der Waals surface area (Å²) in [5, 5.41) is 0. The summed E-state index contributed by atoms with van der Waals surface area (Å²) >= 11 is 0. The molecule has 0 fully saturated rings. The molecule has 0 saturated heterocycles. The highest BCUT2D eigenvalue weighted by atomic mass is 19.1. The van der Waals surface area contributed by atoms with Crippen molar-refractivity contribution in [3.05, 3.63) is 42.5 Å². The molecule has 2 aromatic rings. The Morgan fingerprint density at radius 3 is 2.86 bits per heavy atom. The topological polar surface area (TPSA) is 51.0 Å². The smallest absolute Gasteiger partial charge is 0.165 e. The number of halogens is 1. The van der Waals surface area contributed by atoms with E-state index in [0.717, 1.165) is 0 Å². The first-order chi connectivity index (χ1) is 6.75. The fourth-order valence-corrected chi connectivity index (χ4v) is 1.10. The van der Waals surface area contributed by atoms with Crippen LogP contribution in [-0.4, -0.2) is 4.98 Å². The van der Waals surface area contributed by atoms with Crippen LogP contribution in [0, 0.1) is 5.82 Å². The van der Waals surface area contributed by atoms with Gasteiger partial charge < -0.3 is 15.5 Å². The van der Waals surface area contributed by atoms with Gasteiger partial charge in [-0.25, -0.2) is 4.39 Å². The predicted octanol–water partition coefficient (Wildman–Crippen LogP) is 2.53. The van der Waals surface area contributed by atoms with Crippen LogP contribution < -0.4 is 10.5 Å². The van der Waals surface area contributed by atoms with E-state index in [1.807, 2.05) is 0 Å². The van der Waals surface area contributed by atoms with Gasteiger partial charge in [0.25, 0.3) is 0 Å². The first-order valence-electron chi connectivity index (χ1n) is 4.11. The van der Waals surface area contributed by atoms with E-state index in [1.54, 1.807) is 18.5 Å². The van der Waals surface area contributed by atoms with Gasteiger partial charge in [-0.05, 0) is 18.2 Å². The molecule has 4 heteroatoms. The van der Waals surface area contributed by atoms with Crippen molar-refractivity contribution in [1.82, 2.24) is 4.98 Å². The number of rotatable bonds is 2. The molecule has 1 aromatic carbocycles. The SMILES string of the molecule is Nc1ccc(F)c(Oc2cc[nH]c2)c1. The normalized spacial score (nSPS) is 10.1. The zero-order valence-corrected chi connectivity index (χ0v) is 7.33.